The van der Waals surface area contributed by atoms with Crippen molar-refractivity contribution < 1.29 is 15.3 Å². The summed E-state index contributed by atoms with van der Waals surface area (Å²) >= 11 is 0. The molecule has 0 aliphatic heterocycles. The van der Waals surface area contributed by atoms with Gasteiger partial charge in [0, 0.05) is 30.0 Å². The molecule has 2 heterocycles. The minimum absolute atomic E-state index is 0.00257. The first-order chi connectivity index (χ1) is 15.6. The van der Waals surface area contributed by atoms with Crippen molar-refractivity contribution in [3.63, 3.8) is 0 Å². The number of fused-ring (bicyclic) bond motifs is 2. The molecule has 0 spiro atoms. The molecular weight excluding hydrogens is 404 g/mol. The maximum atomic E-state index is 11.0. The fourth-order valence-corrected chi connectivity index (χ4v) is 5.55. The molecule has 2 fully saturated rings. The molecular formula is C25H24N4O3. The van der Waals surface area contributed by atoms with Crippen molar-refractivity contribution in [1.29, 1.82) is 0 Å². The van der Waals surface area contributed by atoms with Gasteiger partial charge < -0.3 is 25.2 Å². The maximum absolute atomic E-state index is 11.0. The average Bonchev–Trinajstić information content (AvgIpc) is 3.37. The lowest BCUT2D eigenvalue weighted by Crippen LogP contribution is -2.38. The molecule has 0 saturated heterocycles. The number of nitrogens with zero attached hydrogens (tertiary/aromatic N) is 3. The van der Waals surface area contributed by atoms with Gasteiger partial charge >= 0.3 is 0 Å². The average molecular weight is 428 g/mol. The zero-order chi connectivity index (χ0) is 21.9. The van der Waals surface area contributed by atoms with Crippen molar-refractivity contribution in [2.45, 2.75) is 24.2 Å². The molecule has 2 saturated carbocycles. The number of aliphatic hydroxyl groups excluding tert-OH is 3. The summed E-state index contributed by atoms with van der Waals surface area (Å²) in [6, 6.07) is 19.9. The monoisotopic (exact) mass is 428 g/mol. The van der Waals surface area contributed by atoms with Crippen molar-refractivity contribution >= 4 is 22.5 Å². The minimum atomic E-state index is -0.968. The number of hydrogen-bond donors (Lipinski definition) is 4. The van der Waals surface area contributed by atoms with E-state index in [1.165, 1.54) is 6.33 Å². The summed E-state index contributed by atoms with van der Waals surface area (Å²) in [6.07, 6.45) is 2.30. The van der Waals surface area contributed by atoms with Gasteiger partial charge in [-0.2, -0.15) is 0 Å². The van der Waals surface area contributed by atoms with Crippen LogP contribution in [-0.2, 0) is 5.54 Å². The van der Waals surface area contributed by atoms with Crippen LogP contribution in [0.25, 0.3) is 22.2 Å². The van der Waals surface area contributed by atoms with Gasteiger partial charge in [0.1, 0.15) is 23.9 Å². The van der Waals surface area contributed by atoms with Gasteiger partial charge in [0.15, 0.2) is 0 Å². The van der Waals surface area contributed by atoms with Gasteiger partial charge in [0.2, 0.25) is 0 Å². The second kappa shape index (κ2) is 7.13. The molecule has 5 atom stereocenters. The van der Waals surface area contributed by atoms with Crippen molar-refractivity contribution in [3.05, 3.63) is 73.2 Å². The van der Waals surface area contributed by atoms with E-state index in [0.717, 1.165) is 22.2 Å². The topological polar surface area (TPSA) is 103 Å². The number of hydrogen-bond acceptors (Lipinski definition) is 6. The molecule has 6 rings (SSSR count). The summed E-state index contributed by atoms with van der Waals surface area (Å²) in [5.74, 6) is 0.336. The molecule has 7 heteroatoms. The van der Waals surface area contributed by atoms with Crippen molar-refractivity contribution in [2.75, 3.05) is 11.9 Å². The lowest BCUT2D eigenvalue weighted by atomic mass is 10.0. The van der Waals surface area contributed by atoms with Crippen LogP contribution in [0, 0.1) is 11.8 Å². The van der Waals surface area contributed by atoms with Gasteiger partial charge in [-0.25, -0.2) is 9.97 Å². The van der Waals surface area contributed by atoms with Crippen LogP contribution in [0.4, 0.5) is 11.5 Å². The summed E-state index contributed by atoms with van der Waals surface area (Å²) in [5.41, 5.74) is 2.91. The van der Waals surface area contributed by atoms with Crippen LogP contribution in [0.15, 0.2) is 73.2 Å². The highest BCUT2D eigenvalue weighted by Gasteiger charge is 2.72. The number of rotatable bonds is 5. The van der Waals surface area contributed by atoms with E-state index >= 15 is 0 Å². The van der Waals surface area contributed by atoms with E-state index in [-0.39, 0.29) is 18.4 Å². The highest BCUT2D eigenvalue weighted by Crippen LogP contribution is 2.65. The molecule has 2 aromatic heterocycles. The second-order valence-electron chi connectivity index (χ2n) is 8.77. The quantitative estimate of drug-likeness (QED) is 0.390. The van der Waals surface area contributed by atoms with E-state index in [9.17, 15) is 15.3 Å². The third-order valence-electron chi connectivity index (χ3n) is 7.18. The third kappa shape index (κ3) is 2.65. The number of nitrogens with one attached hydrogen (secondary N) is 1. The molecule has 2 aliphatic rings. The highest BCUT2D eigenvalue weighted by molar-refractivity contribution is 6.02. The third-order valence-corrected chi connectivity index (χ3v) is 7.18. The Labute approximate surface area is 185 Å². The standard InChI is InChI=1S/C25H24N4O3/c30-13-18-19-11-25(19,22(32)21(18)31)29-12-17(15-7-3-1-4-8-15)20-23(26-14-27-24(20)29)28-16-9-5-2-6-10-16/h1-10,12,14,18-19,21-22,30-32H,11,13H2,(H,26,27,28)/t18-,19-,21-,22-,25+/m0/s1. The van der Waals surface area contributed by atoms with Crippen LogP contribution in [0.1, 0.15) is 6.42 Å². The minimum Gasteiger partial charge on any atom is -0.396 e. The fourth-order valence-electron chi connectivity index (χ4n) is 5.55. The molecule has 2 aliphatic carbocycles. The number of aromatic nitrogens is 3. The fraction of sp³-hybridized carbons (Fsp3) is 0.280. The van der Waals surface area contributed by atoms with Crippen LogP contribution in [0.2, 0.25) is 0 Å². The smallest absolute Gasteiger partial charge is 0.146 e. The Morgan fingerprint density at radius 3 is 2.41 bits per heavy atom. The van der Waals surface area contributed by atoms with E-state index in [1.807, 2.05) is 71.4 Å². The molecule has 0 unspecified atom stereocenters. The largest absolute Gasteiger partial charge is 0.396 e. The van der Waals surface area contributed by atoms with Crippen LogP contribution >= 0.6 is 0 Å². The molecule has 2 aromatic carbocycles. The highest BCUT2D eigenvalue weighted by atomic mass is 16.3. The Bertz CT molecular complexity index is 1280. The molecule has 4 aromatic rings. The zero-order valence-corrected chi connectivity index (χ0v) is 17.3. The number of aliphatic hydroxyl groups is 3. The van der Waals surface area contributed by atoms with Crippen LogP contribution in [0.3, 0.4) is 0 Å². The summed E-state index contributed by atoms with van der Waals surface area (Å²) in [6.45, 7) is -0.148. The predicted molar refractivity (Wildman–Crippen MR) is 121 cm³/mol. The Morgan fingerprint density at radius 2 is 1.72 bits per heavy atom. The second-order valence-corrected chi connectivity index (χ2v) is 8.77. The maximum Gasteiger partial charge on any atom is 0.146 e. The first-order valence-electron chi connectivity index (χ1n) is 10.9. The number of benzene rings is 2. The Balaban J connectivity index is 1.57. The summed E-state index contributed by atoms with van der Waals surface area (Å²) < 4.78 is 2.01. The number of anilines is 2. The van der Waals surface area contributed by atoms with E-state index < -0.39 is 17.7 Å². The van der Waals surface area contributed by atoms with Gasteiger partial charge in [-0.3, -0.25) is 0 Å². The summed E-state index contributed by atoms with van der Waals surface area (Å²) in [7, 11) is 0. The van der Waals surface area contributed by atoms with Gasteiger partial charge in [-0.1, -0.05) is 48.5 Å². The van der Waals surface area contributed by atoms with Gasteiger partial charge in [-0.05, 0) is 30.0 Å². The van der Waals surface area contributed by atoms with Gasteiger partial charge in [0.25, 0.3) is 0 Å². The zero-order valence-electron chi connectivity index (χ0n) is 17.3. The van der Waals surface area contributed by atoms with Gasteiger partial charge in [-0.15, -0.1) is 0 Å². The molecule has 0 amide bonds. The molecule has 0 bridgehead atoms. The van der Waals surface area contributed by atoms with Crippen LogP contribution in [0.5, 0.6) is 0 Å². The van der Waals surface area contributed by atoms with E-state index in [2.05, 4.69) is 15.3 Å². The van der Waals surface area contributed by atoms with E-state index in [4.69, 9.17) is 0 Å². The first-order valence-corrected chi connectivity index (χ1v) is 10.9. The SMILES string of the molecule is OC[C@@H]1[C@H](O)[C@H](O)[C@@]2(n3cc(-c4ccccc4)c4c(Nc5ccccc5)ncnc43)C[C@@H]12. The van der Waals surface area contributed by atoms with Crippen molar-refractivity contribution in [2.24, 2.45) is 11.8 Å². The Kier molecular flexibility index (Phi) is 4.33. The van der Waals surface area contributed by atoms with Crippen molar-refractivity contribution in [3.8, 4) is 11.1 Å². The molecule has 0 radical (unpaired) electrons. The summed E-state index contributed by atoms with van der Waals surface area (Å²) in [4.78, 5) is 9.16. The Morgan fingerprint density at radius 1 is 1.00 bits per heavy atom. The van der Waals surface area contributed by atoms with E-state index in [0.29, 0.717) is 17.9 Å². The van der Waals surface area contributed by atoms with Crippen LogP contribution in [-0.4, -0.2) is 48.7 Å². The molecule has 4 N–H and O–H groups in total. The normalized spacial score (nSPS) is 28.6. The summed E-state index contributed by atoms with van der Waals surface area (Å²) in [5, 5.41) is 35.6. The van der Waals surface area contributed by atoms with Crippen molar-refractivity contribution in [1.82, 2.24) is 14.5 Å². The predicted octanol–water partition coefficient (Wildman–Crippen LogP) is 2.90. The molecule has 32 heavy (non-hydrogen) atoms. The number of para-hydroxylation sites is 1. The molecule has 162 valence electrons. The lowest BCUT2D eigenvalue weighted by Gasteiger charge is -2.24. The van der Waals surface area contributed by atoms with E-state index in [1.54, 1.807) is 0 Å². The lowest BCUT2D eigenvalue weighted by molar-refractivity contribution is -0.0271. The van der Waals surface area contributed by atoms with Gasteiger partial charge in [0.05, 0.1) is 17.0 Å². The molecule has 7 nitrogen and oxygen atoms in total. The first kappa shape index (κ1) is 19.4. The Hall–Kier alpha value is -3.26. The van der Waals surface area contributed by atoms with Crippen LogP contribution < -0.4 is 5.32 Å².